The third-order valence-electron chi connectivity index (χ3n) is 4.68. The molecule has 5 rings (SSSR count). The second-order valence-electron chi connectivity index (χ2n) is 6.52. The van der Waals surface area contributed by atoms with E-state index in [4.69, 9.17) is 23.2 Å². The van der Waals surface area contributed by atoms with Gasteiger partial charge in [-0.3, -0.25) is 9.59 Å². The van der Waals surface area contributed by atoms with Crippen LogP contribution in [0, 0.1) is 5.82 Å². The first-order chi connectivity index (χ1) is 13.9. The fourth-order valence-corrected chi connectivity index (χ4v) is 5.95. The van der Waals surface area contributed by atoms with Gasteiger partial charge in [-0.1, -0.05) is 35.3 Å². The summed E-state index contributed by atoms with van der Waals surface area (Å²) in [7, 11) is 0. The molecule has 2 aromatic heterocycles. The lowest BCUT2D eigenvalue weighted by Gasteiger charge is -1.98. The number of thiophene rings is 2. The molecule has 0 bridgehead atoms. The largest absolute Gasteiger partial charge is 0.288 e. The third kappa shape index (κ3) is 3.15. The molecule has 2 nitrogen and oxygen atoms in total. The fourth-order valence-electron chi connectivity index (χ4n) is 3.27. The Morgan fingerprint density at radius 3 is 1.97 bits per heavy atom. The highest BCUT2D eigenvalue weighted by molar-refractivity contribution is 7.29. The summed E-state index contributed by atoms with van der Waals surface area (Å²) in [5.74, 6) is -0.949. The number of carbonyl (C=O) groups is 2. The van der Waals surface area contributed by atoms with Crippen LogP contribution in [0.3, 0.4) is 0 Å². The fraction of sp³-hybridized carbons (Fsp3) is 0. The first-order valence-corrected chi connectivity index (χ1v) is 10.9. The lowest BCUT2D eigenvalue weighted by molar-refractivity contribution is 0.0990. The number of halogens is 3. The second-order valence-corrected chi connectivity index (χ2v) is 9.54. The molecular weight excluding hydrogens is 450 g/mol. The van der Waals surface area contributed by atoms with Gasteiger partial charge in [-0.15, -0.1) is 22.7 Å². The predicted molar refractivity (Wildman–Crippen MR) is 118 cm³/mol. The van der Waals surface area contributed by atoms with E-state index < -0.39 is 0 Å². The van der Waals surface area contributed by atoms with Crippen molar-refractivity contribution < 1.29 is 14.0 Å². The van der Waals surface area contributed by atoms with Gasteiger partial charge in [0.05, 0.1) is 15.6 Å². The number of hydrogen-bond acceptors (Lipinski definition) is 4. The van der Waals surface area contributed by atoms with E-state index in [1.54, 1.807) is 29.5 Å². The van der Waals surface area contributed by atoms with Crippen molar-refractivity contribution in [2.24, 2.45) is 0 Å². The van der Waals surface area contributed by atoms with Crippen molar-refractivity contribution in [2.75, 3.05) is 0 Å². The summed E-state index contributed by atoms with van der Waals surface area (Å²) in [6, 6.07) is 13.2. The Balaban J connectivity index is 1.51. The van der Waals surface area contributed by atoms with Gasteiger partial charge in [0.2, 0.25) is 0 Å². The standard InChI is InChI=1S/C22H9Cl2FO2S2/c23-16-7-13-14(8-17(16)24)22(27)15(21(13)26)5-12-6-19-20(28-12)9-18(29-19)10-1-3-11(25)4-2-10/h1-9H. The van der Waals surface area contributed by atoms with Gasteiger partial charge in [0.15, 0.2) is 11.6 Å². The van der Waals surface area contributed by atoms with Crippen LogP contribution < -0.4 is 0 Å². The molecule has 1 aliphatic rings. The molecule has 0 aliphatic heterocycles. The number of rotatable bonds is 2. The molecule has 0 amide bonds. The number of hydrogen-bond donors (Lipinski definition) is 0. The number of fused-ring (bicyclic) bond motifs is 2. The summed E-state index contributed by atoms with van der Waals surface area (Å²) in [5, 5.41) is 0.496. The smallest absolute Gasteiger partial charge is 0.197 e. The third-order valence-corrected chi connectivity index (χ3v) is 7.69. The zero-order chi connectivity index (χ0) is 20.3. The lowest BCUT2D eigenvalue weighted by Crippen LogP contribution is -1.99. The van der Waals surface area contributed by atoms with Crippen LogP contribution in [-0.2, 0) is 0 Å². The number of Topliss-reactive ketones (excluding diaryl/α,β-unsaturated/α-hetero) is 2. The van der Waals surface area contributed by atoms with Crippen molar-refractivity contribution in [3.05, 3.63) is 86.0 Å². The molecule has 29 heavy (non-hydrogen) atoms. The first kappa shape index (κ1) is 18.7. The maximum Gasteiger partial charge on any atom is 0.197 e. The Kier molecular flexibility index (Phi) is 4.44. The Morgan fingerprint density at radius 1 is 0.793 bits per heavy atom. The van der Waals surface area contributed by atoms with E-state index in [2.05, 4.69) is 0 Å². The molecule has 142 valence electrons. The quantitative estimate of drug-likeness (QED) is 0.229. The predicted octanol–water partition coefficient (Wildman–Crippen LogP) is 7.54. The van der Waals surface area contributed by atoms with Crippen LogP contribution in [0.5, 0.6) is 0 Å². The van der Waals surface area contributed by atoms with E-state index in [9.17, 15) is 14.0 Å². The molecule has 0 N–H and O–H groups in total. The number of ketones is 2. The van der Waals surface area contributed by atoms with E-state index in [0.29, 0.717) is 0 Å². The van der Waals surface area contributed by atoms with Crippen LogP contribution in [0.1, 0.15) is 25.6 Å². The van der Waals surface area contributed by atoms with Crippen molar-refractivity contribution in [2.45, 2.75) is 0 Å². The Bertz CT molecular complexity index is 1290. The molecule has 0 unspecified atom stereocenters. The van der Waals surface area contributed by atoms with Crippen molar-refractivity contribution in [3.63, 3.8) is 0 Å². The monoisotopic (exact) mass is 458 g/mol. The molecule has 0 saturated carbocycles. The number of allylic oxidation sites excluding steroid dienone is 1. The summed E-state index contributed by atoms with van der Waals surface area (Å²) in [6.45, 7) is 0. The minimum absolute atomic E-state index is 0.117. The molecular formula is C22H9Cl2FO2S2. The highest BCUT2D eigenvalue weighted by Crippen LogP contribution is 2.40. The molecule has 2 heterocycles. The van der Waals surface area contributed by atoms with Crippen molar-refractivity contribution >= 4 is 72.9 Å². The van der Waals surface area contributed by atoms with Gasteiger partial charge < -0.3 is 0 Å². The van der Waals surface area contributed by atoms with Crippen LogP contribution in [0.25, 0.3) is 25.9 Å². The molecule has 7 heteroatoms. The normalized spacial score (nSPS) is 13.4. The summed E-state index contributed by atoms with van der Waals surface area (Å²) in [5.41, 5.74) is 1.64. The van der Waals surface area contributed by atoms with E-state index in [0.717, 1.165) is 24.7 Å². The number of carbonyl (C=O) groups excluding carboxylic acids is 2. The summed E-state index contributed by atoms with van der Waals surface area (Å²) >= 11 is 15.1. The summed E-state index contributed by atoms with van der Waals surface area (Å²) < 4.78 is 15.2. The van der Waals surface area contributed by atoms with Crippen molar-refractivity contribution in [1.29, 1.82) is 0 Å². The second kappa shape index (κ2) is 6.89. The average Bonchev–Trinajstić information content (AvgIpc) is 3.31. The van der Waals surface area contributed by atoms with Gasteiger partial charge in [0.25, 0.3) is 0 Å². The van der Waals surface area contributed by atoms with Gasteiger partial charge in [-0.2, -0.15) is 0 Å². The van der Waals surface area contributed by atoms with Crippen LogP contribution in [0.4, 0.5) is 4.39 Å². The van der Waals surface area contributed by atoms with Crippen LogP contribution in [-0.4, -0.2) is 11.6 Å². The molecule has 4 aromatic rings. The molecule has 0 radical (unpaired) electrons. The molecule has 0 spiro atoms. The van der Waals surface area contributed by atoms with Gasteiger partial charge in [-0.25, -0.2) is 4.39 Å². The van der Waals surface area contributed by atoms with Crippen LogP contribution >= 0.6 is 45.9 Å². The van der Waals surface area contributed by atoms with Crippen molar-refractivity contribution in [3.8, 4) is 10.4 Å². The van der Waals surface area contributed by atoms with Gasteiger partial charge in [0.1, 0.15) is 5.82 Å². The van der Waals surface area contributed by atoms with Gasteiger partial charge >= 0.3 is 0 Å². The zero-order valence-electron chi connectivity index (χ0n) is 14.5. The molecule has 1 aliphatic carbocycles. The average molecular weight is 459 g/mol. The SMILES string of the molecule is O=C1C(=Cc2cc3sc(-c4ccc(F)cc4)cc3s2)C(=O)c2cc(Cl)c(Cl)cc21. The van der Waals surface area contributed by atoms with Gasteiger partial charge in [-0.05, 0) is 48.0 Å². The summed E-state index contributed by atoms with van der Waals surface area (Å²) in [4.78, 5) is 27.2. The highest BCUT2D eigenvalue weighted by Gasteiger charge is 2.34. The molecule has 0 atom stereocenters. The maximum absolute atomic E-state index is 13.1. The Labute approximate surface area is 182 Å². The number of benzene rings is 2. The molecule has 2 aromatic carbocycles. The minimum Gasteiger partial charge on any atom is -0.288 e. The lowest BCUT2D eigenvalue weighted by atomic mass is 10.1. The minimum atomic E-state index is -0.340. The molecule has 0 saturated heterocycles. The zero-order valence-corrected chi connectivity index (χ0v) is 17.6. The van der Waals surface area contributed by atoms with E-state index in [-0.39, 0.29) is 44.1 Å². The molecule has 0 fully saturated rings. The van der Waals surface area contributed by atoms with E-state index in [1.807, 2.05) is 12.1 Å². The van der Waals surface area contributed by atoms with Gasteiger partial charge in [0, 0.05) is 30.3 Å². The van der Waals surface area contributed by atoms with Crippen LogP contribution in [0.2, 0.25) is 10.0 Å². The topological polar surface area (TPSA) is 34.1 Å². The van der Waals surface area contributed by atoms with Crippen molar-refractivity contribution in [1.82, 2.24) is 0 Å². The Hall–Kier alpha value is -2.31. The first-order valence-electron chi connectivity index (χ1n) is 8.50. The summed E-state index contributed by atoms with van der Waals surface area (Å²) in [6.07, 6.45) is 1.63. The highest BCUT2D eigenvalue weighted by atomic mass is 35.5. The Morgan fingerprint density at radius 2 is 1.38 bits per heavy atom. The maximum atomic E-state index is 13.1. The van der Waals surface area contributed by atoms with Crippen LogP contribution in [0.15, 0.2) is 54.1 Å². The van der Waals surface area contributed by atoms with E-state index in [1.165, 1.54) is 35.6 Å². The van der Waals surface area contributed by atoms with E-state index >= 15 is 0 Å².